The molecule has 0 aliphatic heterocycles. The van der Waals surface area contributed by atoms with E-state index in [1.165, 1.54) is 0 Å². The fourth-order valence-corrected chi connectivity index (χ4v) is 0.855. The molecule has 0 heterocycles. The van der Waals surface area contributed by atoms with E-state index in [-0.39, 0.29) is 6.54 Å². The highest BCUT2D eigenvalue weighted by Gasteiger charge is 1.91. The molecule has 0 bridgehead atoms. The first kappa shape index (κ1) is 16.2. The SMILES string of the molecule is CC.CC.NCc1ccc(CN=O)cc1. The van der Waals surface area contributed by atoms with E-state index in [9.17, 15) is 4.91 Å². The van der Waals surface area contributed by atoms with Crippen LogP contribution < -0.4 is 5.73 Å². The van der Waals surface area contributed by atoms with Gasteiger partial charge in [-0.2, -0.15) is 4.91 Å². The molecule has 0 radical (unpaired) electrons. The number of hydrogen-bond acceptors (Lipinski definition) is 3. The molecule has 0 unspecified atom stereocenters. The Kier molecular flexibility index (Phi) is 13.8. The standard InChI is InChI=1S/C8H10N2O.2C2H6/c9-5-7-1-3-8(4-2-7)6-10-11;2*1-2/h1-4H,5-6,9H2;2*1-2H3. The van der Waals surface area contributed by atoms with E-state index in [2.05, 4.69) is 5.18 Å². The molecule has 0 amide bonds. The fraction of sp³-hybridized carbons (Fsp3) is 0.500. The van der Waals surface area contributed by atoms with Crippen molar-refractivity contribution in [2.75, 3.05) is 0 Å². The minimum absolute atomic E-state index is 0.241. The maximum Gasteiger partial charge on any atom is 0.106 e. The molecule has 3 nitrogen and oxygen atoms in total. The summed E-state index contributed by atoms with van der Waals surface area (Å²) in [6.07, 6.45) is 0. The second-order valence-corrected chi connectivity index (χ2v) is 2.31. The highest BCUT2D eigenvalue weighted by atomic mass is 16.3. The summed E-state index contributed by atoms with van der Waals surface area (Å²) in [5.41, 5.74) is 7.39. The van der Waals surface area contributed by atoms with Crippen LogP contribution in [0.1, 0.15) is 38.8 Å². The van der Waals surface area contributed by atoms with Crippen LogP contribution >= 0.6 is 0 Å². The smallest absolute Gasteiger partial charge is 0.106 e. The summed E-state index contributed by atoms with van der Waals surface area (Å²) in [5, 5.41) is 2.78. The Hall–Kier alpha value is -1.22. The number of nitroso groups, excluding NO2 is 1. The molecule has 1 aromatic rings. The number of benzene rings is 1. The Morgan fingerprint density at radius 3 is 1.73 bits per heavy atom. The molecule has 0 aliphatic carbocycles. The van der Waals surface area contributed by atoms with E-state index < -0.39 is 0 Å². The van der Waals surface area contributed by atoms with Crippen molar-refractivity contribution in [2.24, 2.45) is 10.9 Å². The van der Waals surface area contributed by atoms with Gasteiger partial charge in [0.05, 0.1) is 0 Å². The number of nitrogens with zero attached hydrogens (tertiary/aromatic N) is 1. The predicted molar refractivity (Wildman–Crippen MR) is 66.5 cm³/mol. The van der Waals surface area contributed by atoms with Gasteiger partial charge in [-0.25, -0.2) is 0 Å². The Bertz CT molecular complexity index is 232. The zero-order valence-corrected chi connectivity index (χ0v) is 10.2. The van der Waals surface area contributed by atoms with E-state index in [0.29, 0.717) is 6.54 Å². The molecule has 86 valence electrons. The zero-order valence-electron chi connectivity index (χ0n) is 10.2. The average molecular weight is 210 g/mol. The van der Waals surface area contributed by atoms with Gasteiger partial charge in [0, 0.05) is 6.54 Å². The topological polar surface area (TPSA) is 55.4 Å². The molecule has 0 atom stereocenters. The van der Waals surface area contributed by atoms with Gasteiger partial charge in [-0.3, -0.25) is 0 Å². The van der Waals surface area contributed by atoms with Crippen molar-refractivity contribution in [3.05, 3.63) is 40.3 Å². The van der Waals surface area contributed by atoms with Crippen molar-refractivity contribution in [1.82, 2.24) is 0 Å². The minimum atomic E-state index is 0.241. The first-order valence-corrected chi connectivity index (χ1v) is 5.44. The molecular formula is C12H22N2O. The number of rotatable bonds is 3. The van der Waals surface area contributed by atoms with Crippen molar-refractivity contribution >= 4 is 0 Å². The van der Waals surface area contributed by atoms with Crippen molar-refractivity contribution in [3.63, 3.8) is 0 Å². The van der Waals surface area contributed by atoms with Crippen LogP contribution in [-0.2, 0) is 13.1 Å². The van der Waals surface area contributed by atoms with Crippen molar-refractivity contribution in [3.8, 4) is 0 Å². The molecule has 0 aromatic heterocycles. The number of nitrogens with two attached hydrogens (primary N) is 1. The van der Waals surface area contributed by atoms with Gasteiger partial charge < -0.3 is 5.73 Å². The predicted octanol–water partition coefficient (Wildman–Crippen LogP) is 3.46. The Morgan fingerprint density at radius 1 is 1.00 bits per heavy atom. The van der Waals surface area contributed by atoms with Crippen LogP contribution in [0.25, 0.3) is 0 Å². The molecule has 0 saturated carbocycles. The van der Waals surface area contributed by atoms with Gasteiger partial charge >= 0.3 is 0 Å². The third kappa shape index (κ3) is 7.82. The quantitative estimate of drug-likeness (QED) is 0.777. The molecule has 2 N–H and O–H groups in total. The number of hydrogen-bond donors (Lipinski definition) is 1. The van der Waals surface area contributed by atoms with Gasteiger partial charge in [0.1, 0.15) is 6.54 Å². The van der Waals surface area contributed by atoms with Crippen LogP contribution in [0.2, 0.25) is 0 Å². The van der Waals surface area contributed by atoms with Crippen molar-refractivity contribution in [1.29, 1.82) is 0 Å². The maximum absolute atomic E-state index is 9.85. The summed E-state index contributed by atoms with van der Waals surface area (Å²) in [5.74, 6) is 0. The molecule has 0 aliphatic rings. The van der Waals surface area contributed by atoms with Crippen LogP contribution in [0.4, 0.5) is 0 Å². The average Bonchev–Trinajstić information content (AvgIpc) is 2.36. The van der Waals surface area contributed by atoms with Crippen molar-refractivity contribution in [2.45, 2.75) is 40.8 Å². The van der Waals surface area contributed by atoms with Gasteiger partial charge in [-0.1, -0.05) is 57.1 Å². The lowest BCUT2D eigenvalue weighted by atomic mass is 10.1. The molecular weight excluding hydrogens is 188 g/mol. The highest BCUT2D eigenvalue weighted by Crippen LogP contribution is 2.04. The first-order chi connectivity index (χ1) is 7.36. The molecule has 1 aromatic carbocycles. The fourth-order valence-electron chi connectivity index (χ4n) is 0.855. The van der Waals surface area contributed by atoms with Gasteiger partial charge in [-0.05, 0) is 11.1 Å². The van der Waals surface area contributed by atoms with Crippen LogP contribution in [0.5, 0.6) is 0 Å². The Morgan fingerprint density at radius 2 is 1.40 bits per heavy atom. The highest BCUT2D eigenvalue weighted by molar-refractivity contribution is 5.22. The largest absolute Gasteiger partial charge is 0.326 e. The van der Waals surface area contributed by atoms with Gasteiger partial charge in [0.25, 0.3) is 0 Å². The normalized spacial score (nSPS) is 7.80. The summed E-state index contributed by atoms with van der Waals surface area (Å²) >= 11 is 0. The lowest BCUT2D eigenvalue weighted by Crippen LogP contribution is -1.95. The molecule has 15 heavy (non-hydrogen) atoms. The van der Waals surface area contributed by atoms with E-state index >= 15 is 0 Å². The summed E-state index contributed by atoms with van der Waals surface area (Å²) in [6, 6.07) is 7.54. The summed E-state index contributed by atoms with van der Waals surface area (Å²) in [7, 11) is 0. The monoisotopic (exact) mass is 210 g/mol. The van der Waals surface area contributed by atoms with Crippen LogP contribution in [0.15, 0.2) is 29.4 Å². The molecule has 0 spiro atoms. The van der Waals surface area contributed by atoms with Gasteiger partial charge in [-0.15, -0.1) is 0 Å². The van der Waals surface area contributed by atoms with Crippen LogP contribution in [0, 0.1) is 4.91 Å². The summed E-state index contributed by atoms with van der Waals surface area (Å²) in [4.78, 5) is 9.85. The zero-order chi connectivity index (χ0) is 12.1. The van der Waals surface area contributed by atoms with E-state index in [0.717, 1.165) is 11.1 Å². The van der Waals surface area contributed by atoms with Crippen molar-refractivity contribution < 1.29 is 0 Å². The Labute approximate surface area is 92.7 Å². The van der Waals surface area contributed by atoms with E-state index in [1.807, 2.05) is 52.0 Å². The van der Waals surface area contributed by atoms with Gasteiger partial charge in [0.15, 0.2) is 0 Å². The van der Waals surface area contributed by atoms with E-state index in [1.54, 1.807) is 0 Å². The minimum Gasteiger partial charge on any atom is -0.326 e. The third-order valence-corrected chi connectivity index (χ3v) is 1.51. The molecule has 0 saturated heterocycles. The molecule has 3 heteroatoms. The second-order valence-electron chi connectivity index (χ2n) is 2.31. The van der Waals surface area contributed by atoms with E-state index in [4.69, 9.17) is 5.73 Å². The van der Waals surface area contributed by atoms with Crippen LogP contribution in [-0.4, -0.2) is 0 Å². The summed E-state index contributed by atoms with van der Waals surface area (Å²) in [6.45, 7) is 8.78. The van der Waals surface area contributed by atoms with Gasteiger partial charge in [0.2, 0.25) is 0 Å². The summed E-state index contributed by atoms with van der Waals surface area (Å²) < 4.78 is 0. The maximum atomic E-state index is 9.85. The van der Waals surface area contributed by atoms with Crippen LogP contribution in [0.3, 0.4) is 0 Å². The molecule has 1 rings (SSSR count). The Balaban J connectivity index is 0. The first-order valence-electron chi connectivity index (χ1n) is 5.44. The lowest BCUT2D eigenvalue weighted by Gasteiger charge is -1.96. The third-order valence-electron chi connectivity index (χ3n) is 1.51. The lowest BCUT2D eigenvalue weighted by molar-refractivity contribution is 1.03. The molecule has 0 fully saturated rings. The second kappa shape index (κ2) is 12.8.